The monoisotopic (exact) mass is 418 g/mol. The summed E-state index contributed by atoms with van der Waals surface area (Å²) in [5, 5.41) is 7.45. The van der Waals surface area contributed by atoms with E-state index in [1.165, 1.54) is 0 Å². The fourth-order valence-electron chi connectivity index (χ4n) is 3.68. The molecular weight excluding hydrogens is 392 g/mol. The van der Waals surface area contributed by atoms with Crippen LogP contribution in [0.25, 0.3) is 22.4 Å². The van der Waals surface area contributed by atoms with Gasteiger partial charge in [0.1, 0.15) is 0 Å². The maximum atomic E-state index is 12.4. The highest BCUT2D eigenvalue weighted by atomic mass is 16.4. The average Bonchev–Trinajstić information content (AvgIpc) is 3.38. The predicted molar refractivity (Wildman–Crippen MR) is 120 cm³/mol. The maximum Gasteiger partial charge on any atom is 0.419 e. The Hall–Kier alpha value is -3.61. The molecule has 0 bridgehead atoms. The Bertz CT molecular complexity index is 1210. The molecule has 2 aromatic carbocycles. The van der Waals surface area contributed by atoms with E-state index in [1.54, 1.807) is 15.5 Å². The Labute approximate surface area is 180 Å². The Kier molecular flexibility index (Phi) is 6.31. The zero-order valence-electron chi connectivity index (χ0n) is 17.6. The summed E-state index contributed by atoms with van der Waals surface area (Å²) in [6, 6.07) is 19.4. The quantitative estimate of drug-likeness (QED) is 0.447. The van der Waals surface area contributed by atoms with Crippen molar-refractivity contribution in [1.29, 1.82) is 0 Å². The number of rotatable bonds is 9. The minimum Gasteiger partial charge on any atom is -0.408 e. The van der Waals surface area contributed by atoms with Gasteiger partial charge in [0.25, 0.3) is 0 Å². The number of aromatic nitrogens is 3. The number of oxazole rings is 1. The van der Waals surface area contributed by atoms with Crippen LogP contribution >= 0.6 is 0 Å². The van der Waals surface area contributed by atoms with Crippen LogP contribution in [0, 0.1) is 0 Å². The third kappa shape index (κ3) is 4.94. The first-order valence-electron chi connectivity index (χ1n) is 10.5. The SMILES string of the molecule is CN(CCCc1cc(-c2ccccc2)n[nH]1)C(=O)CCCn1c(=O)oc2ccccc21. The number of carbonyl (C=O) groups excluding carboxylic acids is 1. The number of fused-ring (bicyclic) bond motifs is 1. The van der Waals surface area contributed by atoms with Crippen molar-refractivity contribution in [1.82, 2.24) is 19.7 Å². The fourth-order valence-corrected chi connectivity index (χ4v) is 3.68. The highest BCUT2D eigenvalue weighted by Crippen LogP contribution is 2.17. The first-order chi connectivity index (χ1) is 15.1. The molecule has 1 N–H and O–H groups in total. The van der Waals surface area contributed by atoms with Crippen LogP contribution in [0.3, 0.4) is 0 Å². The zero-order valence-corrected chi connectivity index (χ0v) is 17.6. The lowest BCUT2D eigenvalue weighted by molar-refractivity contribution is -0.130. The van der Waals surface area contributed by atoms with Crippen molar-refractivity contribution in [2.24, 2.45) is 0 Å². The molecule has 160 valence electrons. The molecular formula is C24H26N4O3. The van der Waals surface area contributed by atoms with E-state index in [4.69, 9.17) is 4.42 Å². The molecule has 7 heteroatoms. The number of H-pyrrole nitrogens is 1. The Balaban J connectivity index is 1.22. The maximum absolute atomic E-state index is 12.4. The summed E-state index contributed by atoms with van der Waals surface area (Å²) in [5.74, 6) is -0.299. The van der Waals surface area contributed by atoms with Gasteiger partial charge in [0, 0.05) is 37.8 Å². The first-order valence-corrected chi connectivity index (χ1v) is 10.5. The van der Waals surface area contributed by atoms with Crippen molar-refractivity contribution in [2.45, 2.75) is 32.2 Å². The molecule has 4 rings (SSSR count). The van der Waals surface area contributed by atoms with Gasteiger partial charge in [-0.15, -0.1) is 0 Å². The standard InChI is InChI=1S/C24H26N4O3/c1-27(15-7-11-19-17-20(26-25-19)18-9-3-2-4-10-18)23(29)14-8-16-28-21-12-5-6-13-22(21)31-24(28)30/h2-6,9-10,12-13,17H,7-8,11,14-16H2,1H3,(H,25,26). The van der Waals surface area contributed by atoms with Gasteiger partial charge in [0.2, 0.25) is 5.91 Å². The second kappa shape index (κ2) is 9.47. The topological polar surface area (TPSA) is 84.1 Å². The van der Waals surface area contributed by atoms with Crippen molar-refractivity contribution < 1.29 is 9.21 Å². The van der Waals surface area contributed by atoms with Crippen LogP contribution in [0.5, 0.6) is 0 Å². The molecule has 7 nitrogen and oxygen atoms in total. The third-order valence-electron chi connectivity index (χ3n) is 5.41. The normalized spacial score (nSPS) is 11.1. The number of hydrogen-bond donors (Lipinski definition) is 1. The van der Waals surface area contributed by atoms with Gasteiger partial charge in [-0.3, -0.25) is 14.5 Å². The van der Waals surface area contributed by atoms with Crippen LogP contribution in [0.15, 0.2) is 69.9 Å². The molecule has 0 fully saturated rings. The van der Waals surface area contributed by atoms with E-state index in [0.29, 0.717) is 31.5 Å². The van der Waals surface area contributed by atoms with Gasteiger partial charge >= 0.3 is 5.76 Å². The Morgan fingerprint density at radius 3 is 2.71 bits per heavy atom. The van der Waals surface area contributed by atoms with E-state index in [-0.39, 0.29) is 11.7 Å². The van der Waals surface area contributed by atoms with E-state index in [2.05, 4.69) is 16.3 Å². The highest BCUT2D eigenvalue weighted by molar-refractivity contribution is 5.76. The number of carbonyl (C=O) groups is 1. The van der Waals surface area contributed by atoms with Gasteiger partial charge in [0.15, 0.2) is 5.58 Å². The van der Waals surface area contributed by atoms with Crippen LogP contribution in [-0.4, -0.2) is 39.2 Å². The van der Waals surface area contributed by atoms with E-state index in [9.17, 15) is 9.59 Å². The van der Waals surface area contributed by atoms with E-state index >= 15 is 0 Å². The van der Waals surface area contributed by atoms with Crippen LogP contribution in [0.1, 0.15) is 25.0 Å². The summed E-state index contributed by atoms with van der Waals surface area (Å²) in [7, 11) is 1.82. The van der Waals surface area contributed by atoms with Gasteiger partial charge in [-0.1, -0.05) is 42.5 Å². The fraction of sp³-hybridized carbons (Fsp3) is 0.292. The molecule has 0 aliphatic carbocycles. The molecule has 0 saturated carbocycles. The zero-order chi connectivity index (χ0) is 21.6. The summed E-state index contributed by atoms with van der Waals surface area (Å²) < 4.78 is 6.82. The molecule has 0 aliphatic heterocycles. The number of para-hydroxylation sites is 2. The summed E-state index contributed by atoms with van der Waals surface area (Å²) in [5.41, 5.74) is 4.42. The molecule has 4 aromatic rings. The molecule has 1 amide bonds. The smallest absolute Gasteiger partial charge is 0.408 e. The first kappa shape index (κ1) is 20.7. The van der Waals surface area contributed by atoms with Gasteiger partial charge in [-0.05, 0) is 37.5 Å². The lowest BCUT2D eigenvalue weighted by Crippen LogP contribution is -2.28. The second-order valence-corrected chi connectivity index (χ2v) is 7.65. The molecule has 2 heterocycles. The molecule has 31 heavy (non-hydrogen) atoms. The second-order valence-electron chi connectivity index (χ2n) is 7.65. The van der Waals surface area contributed by atoms with Crippen molar-refractivity contribution >= 4 is 17.0 Å². The van der Waals surface area contributed by atoms with Gasteiger partial charge < -0.3 is 9.32 Å². The largest absolute Gasteiger partial charge is 0.419 e. The number of benzene rings is 2. The minimum absolute atomic E-state index is 0.0791. The van der Waals surface area contributed by atoms with Crippen LogP contribution in [-0.2, 0) is 17.8 Å². The number of nitrogens with zero attached hydrogens (tertiary/aromatic N) is 3. The summed E-state index contributed by atoms with van der Waals surface area (Å²) in [4.78, 5) is 26.2. The highest BCUT2D eigenvalue weighted by Gasteiger charge is 2.12. The average molecular weight is 418 g/mol. The van der Waals surface area contributed by atoms with Crippen molar-refractivity contribution in [3.8, 4) is 11.3 Å². The van der Waals surface area contributed by atoms with Crippen LogP contribution < -0.4 is 5.76 Å². The van der Waals surface area contributed by atoms with Crippen molar-refractivity contribution in [2.75, 3.05) is 13.6 Å². The predicted octanol–water partition coefficient (Wildman–Crippen LogP) is 3.86. The molecule has 0 radical (unpaired) electrons. The van der Waals surface area contributed by atoms with Gasteiger partial charge in [0.05, 0.1) is 11.2 Å². The van der Waals surface area contributed by atoms with Crippen LogP contribution in [0.4, 0.5) is 0 Å². The summed E-state index contributed by atoms with van der Waals surface area (Å²) in [6.07, 6.45) is 2.66. The van der Waals surface area contributed by atoms with E-state index in [1.807, 2.05) is 55.6 Å². The molecule has 2 aromatic heterocycles. The van der Waals surface area contributed by atoms with Gasteiger partial charge in [-0.25, -0.2) is 4.79 Å². The summed E-state index contributed by atoms with van der Waals surface area (Å²) >= 11 is 0. The molecule has 0 saturated heterocycles. The number of nitrogens with one attached hydrogen (secondary N) is 1. The molecule has 0 spiro atoms. The summed E-state index contributed by atoms with van der Waals surface area (Å²) in [6.45, 7) is 1.14. The van der Waals surface area contributed by atoms with E-state index < -0.39 is 0 Å². The van der Waals surface area contributed by atoms with Crippen molar-refractivity contribution in [3.05, 3.63) is 76.9 Å². The lowest BCUT2D eigenvalue weighted by Gasteiger charge is -2.16. The third-order valence-corrected chi connectivity index (χ3v) is 5.41. The van der Waals surface area contributed by atoms with Gasteiger partial charge in [-0.2, -0.15) is 5.10 Å². The number of amides is 1. The molecule has 0 unspecified atom stereocenters. The van der Waals surface area contributed by atoms with E-state index in [0.717, 1.165) is 35.3 Å². The Morgan fingerprint density at radius 2 is 1.87 bits per heavy atom. The van der Waals surface area contributed by atoms with Crippen LogP contribution in [0.2, 0.25) is 0 Å². The lowest BCUT2D eigenvalue weighted by atomic mass is 10.1. The molecule has 0 atom stereocenters. The van der Waals surface area contributed by atoms with Crippen molar-refractivity contribution in [3.63, 3.8) is 0 Å². The number of hydrogen-bond acceptors (Lipinski definition) is 4. The number of aromatic amines is 1. The Morgan fingerprint density at radius 1 is 1.10 bits per heavy atom. The number of aryl methyl sites for hydroxylation is 2. The minimum atomic E-state index is -0.378. The molecule has 0 aliphatic rings.